The van der Waals surface area contributed by atoms with Crippen molar-refractivity contribution >= 4 is 37.5 Å². The van der Waals surface area contributed by atoms with Crippen molar-refractivity contribution in [2.45, 2.75) is 6.92 Å². The van der Waals surface area contributed by atoms with Gasteiger partial charge in [0.15, 0.2) is 5.75 Å². The number of phenolic OH excluding ortho intramolecular Hbond substituents is 1. The van der Waals surface area contributed by atoms with Gasteiger partial charge in [0, 0.05) is 10.5 Å². The van der Waals surface area contributed by atoms with Crippen LogP contribution < -0.4 is 0 Å². The first kappa shape index (κ1) is 10.5. The molecule has 70 valence electrons. The maximum atomic E-state index is 10.5. The van der Waals surface area contributed by atoms with Crippen molar-refractivity contribution in [3.63, 3.8) is 0 Å². The molecule has 1 aromatic rings. The van der Waals surface area contributed by atoms with Crippen LogP contribution in [0.5, 0.6) is 5.75 Å². The number of nitro benzene ring substituents is 1. The number of aromatic hydroxyl groups is 1. The van der Waals surface area contributed by atoms with Gasteiger partial charge in [-0.1, -0.05) is 15.9 Å². The zero-order valence-electron chi connectivity index (χ0n) is 6.54. The van der Waals surface area contributed by atoms with Crippen molar-refractivity contribution in [2.75, 3.05) is 0 Å². The standard InChI is InChI=1S/C7H5Br2NO3/c1-3-4(8)2-5(11)7(6(3)9)10(12)13/h2,11H,1H3. The van der Waals surface area contributed by atoms with Crippen LogP contribution in [0.25, 0.3) is 0 Å². The Labute approximate surface area is 91.0 Å². The zero-order chi connectivity index (χ0) is 10.2. The lowest BCUT2D eigenvalue weighted by molar-refractivity contribution is -0.386. The zero-order valence-corrected chi connectivity index (χ0v) is 9.72. The Morgan fingerprint density at radius 3 is 2.54 bits per heavy atom. The fourth-order valence-electron chi connectivity index (χ4n) is 0.865. The topological polar surface area (TPSA) is 63.4 Å². The quantitative estimate of drug-likeness (QED) is 0.640. The Kier molecular flexibility index (Phi) is 2.92. The summed E-state index contributed by atoms with van der Waals surface area (Å²) in [4.78, 5) is 9.88. The Bertz CT molecular complexity index is 378. The first-order valence-electron chi connectivity index (χ1n) is 3.27. The summed E-state index contributed by atoms with van der Waals surface area (Å²) >= 11 is 6.22. The highest BCUT2D eigenvalue weighted by atomic mass is 79.9. The van der Waals surface area contributed by atoms with E-state index in [4.69, 9.17) is 0 Å². The molecule has 0 saturated carbocycles. The van der Waals surface area contributed by atoms with Crippen molar-refractivity contribution in [1.82, 2.24) is 0 Å². The third-order valence-corrected chi connectivity index (χ3v) is 3.38. The summed E-state index contributed by atoms with van der Waals surface area (Å²) < 4.78 is 0.923. The molecule has 0 heterocycles. The van der Waals surface area contributed by atoms with E-state index < -0.39 is 4.92 Å². The highest BCUT2D eigenvalue weighted by Crippen LogP contribution is 2.40. The van der Waals surface area contributed by atoms with Gasteiger partial charge in [-0.25, -0.2) is 0 Å². The van der Waals surface area contributed by atoms with Crippen LogP contribution in [-0.2, 0) is 0 Å². The Hall–Kier alpha value is -0.620. The number of rotatable bonds is 1. The van der Waals surface area contributed by atoms with Crippen LogP contribution in [0, 0.1) is 17.0 Å². The first-order chi connectivity index (χ1) is 5.95. The summed E-state index contributed by atoms with van der Waals surface area (Å²) in [5, 5.41) is 19.8. The molecular formula is C7H5Br2NO3. The van der Waals surface area contributed by atoms with Gasteiger partial charge in [0.05, 0.1) is 4.92 Å². The molecule has 0 aliphatic rings. The van der Waals surface area contributed by atoms with E-state index >= 15 is 0 Å². The van der Waals surface area contributed by atoms with E-state index in [-0.39, 0.29) is 11.4 Å². The summed E-state index contributed by atoms with van der Waals surface area (Å²) in [6.45, 7) is 1.71. The molecule has 1 aromatic carbocycles. The minimum absolute atomic E-state index is 0.296. The number of halogens is 2. The maximum Gasteiger partial charge on any atom is 0.325 e. The molecule has 1 N–H and O–H groups in total. The molecule has 0 aliphatic heterocycles. The fraction of sp³-hybridized carbons (Fsp3) is 0.143. The predicted octanol–water partition coefficient (Wildman–Crippen LogP) is 3.13. The normalized spacial score (nSPS) is 10.1. The third-order valence-electron chi connectivity index (χ3n) is 1.58. The van der Waals surface area contributed by atoms with Gasteiger partial charge in [0.25, 0.3) is 0 Å². The summed E-state index contributed by atoms with van der Waals surface area (Å²) in [6.07, 6.45) is 0. The van der Waals surface area contributed by atoms with Gasteiger partial charge < -0.3 is 5.11 Å². The number of hydrogen-bond donors (Lipinski definition) is 1. The van der Waals surface area contributed by atoms with Gasteiger partial charge in [-0.15, -0.1) is 0 Å². The van der Waals surface area contributed by atoms with Crippen LogP contribution in [0.15, 0.2) is 15.0 Å². The number of hydrogen-bond acceptors (Lipinski definition) is 3. The molecule has 4 nitrogen and oxygen atoms in total. The number of nitrogens with zero attached hydrogens (tertiary/aromatic N) is 1. The maximum absolute atomic E-state index is 10.5. The monoisotopic (exact) mass is 309 g/mol. The van der Waals surface area contributed by atoms with Crippen LogP contribution in [-0.4, -0.2) is 10.0 Å². The largest absolute Gasteiger partial charge is 0.502 e. The second-order valence-electron chi connectivity index (χ2n) is 2.42. The smallest absolute Gasteiger partial charge is 0.325 e. The van der Waals surface area contributed by atoms with E-state index in [1.165, 1.54) is 6.07 Å². The van der Waals surface area contributed by atoms with Crippen LogP contribution >= 0.6 is 31.9 Å². The number of nitro groups is 1. The summed E-state index contributed by atoms with van der Waals surface area (Å²) in [5.41, 5.74) is 0.380. The molecule has 1 rings (SSSR count). The van der Waals surface area contributed by atoms with Crippen LogP contribution in [0.3, 0.4) is 0 Å². The fourth-order valence-corrected chi connectivity index (χ4v) is 2.11. The van der Waals surface area contributed by atoms with E-state index in [2.05, 4.69) is 31.9 Å². The third kappa shape index (κ3) is 1.83. The van der Waals surface area contributed by atoms with Crippen molar-refractivity contribution < 1.29 is 10.0 Å². The molecule has 0 fully saturated rings. The van der Waals surface area contributed by atoms with E-state index in [0.29, 0.717) is 14.5 Å². The van der Waals surface area contributed by atoms with Crippen molar-refractivity contribution in [3.8, 4) is 5.75 Å². The molecule has 0 spiro atoms. The highest BCUT2D eigenvalue weighted by Gasteiger charge is 2.21. The number of benzene rings is 1. The van der Waals surface area contributed by atoms with Gasteiger partial charge in [-0.2, -0.15) is 0 Å². The van der Waals surface area contributed by atoms with Crippen LogP contribution in [0.4, 0.5) is 5.69 Å². The molecule has 13 heavy (non-hydrogen) atoms. The highest BCUT2D eigenvalue weighted by molar-refractivity contribution is 9.11. The Morgan fingerprint density at radius 2 is 2.08 bits per heavy atom. The van der Waals surface area contributed by atoms with Crippen LogP contribution in [0.1, 0.15) is 5.56 Å². The van der Waals surface area contributed by atoms with Gasteiger partial charge in [-0.05, 0) is 28.4 Å². The lowest BCUT2D eigenvalue weighted by Crippen LogP contribution is -1.92. The van der Waals surface area contributed by atoms with E-state index in [1.54, 1.807) is 6.92 Å². The van der Waals surface area contributed by atoms with E-state index in [1.807, 2.05) is 0 Å². The molecule has 6 heteroatoms. The first-order valence-corrected chi connectivity index (χ1v) is 4.85. The molecule has 0 aliphatic carbocycles. The molecular weight excluding hydrogens is 306 g/mol. The summed E-state index contributed by atoms with van der Waals surface area (Å²) in [6, 6.07) is 1.30. The second-order valence-corrected chi connectivity index (χ2v) is 4.07. The lowest BCUT2D eigenvalue weighted by atomic mass is 10.2. The molecule has 0 radical (unpaired) electrons. The van der Waals surface area contributed by atoms with Gasteiger partial charge in [-0.3, -0.25) is 10.1 Å². The molecule has 0 bridgehead atoms. The summed E-state index contributed by atoms with van der Waals surface area (Å²) in [7, 11) is 0. The van der Waals surface area contributed by atoms with Crippen molar-refractivity contribution in [2.24, 2.45) is 0 Å². The average Bonchev–Trinajstić information content (AvgIpc) is 1.99. The molecule has 0 aromatic heterocycles. The van der Waals surface area contributed by atoms with E-state index in [0.717, 1.165) is 0 Å². The van der Waals surface area contributed by atoms with Crippen LogP contribution in [0.2, 0.25) is 0 Å². The molecule has 0 amide bonds. The number of phenols is 1. The average molecular weight is 311 g/mol. The van der Waals surface area contributed by atoms with Gasteiger partial charge in [0.1, 0.15) is 4.47 Å². The van der Waals surface area contributed by atoms with E-state index in [9.17, 15) is 15.2 Å². The SMILES string of the molecule is Cc1c(Br)cc(O)c([N+](=O)[O-])c1Br. The predicted molar refractivity (Wildman–Crippen MR) is 54.9 cm³/mol. The minimum Gasteiger partial charge on any atom is -0.502 e. The molecule has 0 atom stereocenters. The second kappa shape index (κ2) is 3.63. The lowest BCUT2D eigenvalue weighted by Gasteiger charge is -2.03. The van der Waals surface area contributed by atoms with Gasteiger partial charge in [0.2, 0.25) is 0 Å². The minimum atomic E-state index is -0.626. The molecule has 0 unspecified atom stereocenters. The summed E-state index contributed by atoms with van der Waals surface area (Å²) in [5.74, 6) is -0.352. The van der Waals surface area contributed by atoms with Crippen molar-refractivity contribution in [3.05, 3.63) is 30.7 Å². The Morgan fingerprint density at radius 1 is 1.54 bits per heavy atom. The molecule has 0 saturated heterocycles. The van der Waals surface area contributed by atoms with Crippen molar-refractivity contribution in [1.29, 1.82) is 0 Å². The van der Waals surface area contributed by atoms with Gasteiger partial charge >= 0.3 is 5.69 Å². The Balaban J connectivity index is 3.53.